The van der Waals surface area contributed by atoms with Crippen LogP contribution < -0.4 is 5.32 Å². The van der Waals surface area contributed by atoms with Gasteiger partial charge in [0, 0.05) is 36.9 Å². The van der Waals surface area contributed by atoms with Gasteiger partial charge in [0.15, 0.2) is 0 Å². The SMILES string of the molecule is CN(Cc1ccccc1)C(=O)c1ccnc(C(=O)NCc2ccccc2Cl)c1. The molecule has 5 nitrogen and oxygen atoms in total. The molecule has 28 heavy (non-hydrogen) atoms. The maximum Gasteiger partial charge on any atom is 0.270 e. The molecule has 6 heteroatoms. The largest absolute Gasteiger partial charge is 0.347 e. The summed E-state index contributed by atoms with van der Waals surface area (Å²) in [6.45, 7) is 0.766. The quantitative estimate of drug-likeness (QED) is 0.690. The van der Waals surface area contributed by atoms with Crippen LogP contribution in [0.4, 0.5) is 0 Å². The number of hydrogen-bond acceptors (Lipinski definition) is 3. The van der Waals surface area contributed by atoms with E-state index in [9.17, 15) is 9.59 Å². The number of rotatable bonds is 6. The summed E-state index contributed by atoms with van der Waals surface area (Å²) in [6.07, 6.45) is 1.47. The van der Waals surface area contributed by atoms with Gasteiger partial charge in [-0.2, -0.15) is 0 Å². The van der Waals surface area contributed by atoms with Gasteiger partial charge in [-0.1, -0.05) is 60.1 Å². The number of carbonyl (C=O) groups excluding carboxylic acids is 2. The Balaban J connectivity index is 1.66. The van der Waals surface area contributed by atoms with E-state index in [0.717, 1.165) is 11.1 Å². The minimum atomic E-state index is -0.361. The van der Waals surface area contributed by atoms with Crippen LogP contribution in [0, 0.1) is 0 Å². The van der Waals surface area contributed by atoms with E-state index >= 15 is 0 Å². The average Bonchev–Trinajstić information content (AvgIpc) is 2.73. The Labute approximate surface area is 169 Å². The Kier molecular flexibility index (Phi) is 6.40. The average molecular weight is 394 g/mol. The van der Waals surface area contributed by atoms with Gasteiger partial charge < -0.3 is 10.2 Å². The van der Waals surface area contributed by atoms with Gasteiger partial charge in [0.1, 0.15) is 5.69 Å². The predicted octanol–water partition coefficient (Wildman–Crippen LogP) is 3.94. The predicted molar refractivity (Wildman–Crippen MR) is 109 cm³/mol. The van der Waals surface area contributed by atoms with Gasteiger partial charge in [-0.3, -0.25) is 14.6 Å². The zero-order chi connectivity index (χ0) is 19.9. The van der Waals surface area contributed by atoms with Gasteiger partial charge >= 0.3 is 0 Å². The molecule has 0 saturated heterocycles. The van der Waals surface area contributed by atoms with E-state index in [-0.39, 0.29) is 24.1 Å². The molecule has 0 aliphatic heterocycles. The molecular formula is C22H20ClN3O2. The Morgan fingerprint density at radius 3 is 2.50 bits per heavy atom. The number of carbonyl (C=O) groups is 2. The first kappa shape index (κ1) is 19.6. The van der Waals surface area contributed by atoms with Crippen LogP contribution in [0.25, 0.3) is 0 Å². The Morgan fingerprint density at radius 1 is 1.04 bits per heavy atom. The van der Waals surface area contributed by atoms with Crippen LogP contribution in [0.3, 0.4) is 0 Å². The fraction of sp³-hybridized carbons (Fsp3) is 0.136. The molecule has 0 radical (unpaired) electrons. The summed E-state index contributed by atoms with van der Waals surface area (Å²) in [5, 5.41) is 3.37. The molecule has 0 spiro atoms. The molecule has 0 fully saturated rings. The highest BCUT2D eigenvalue weighted by molar-refractivity contribution is 6.31. The molecule has 3 rings (SSSR count). The number of benzene rings is 2. The number of hydrogen-bond donors (Lipinski definition) is 1. The van der Waals surface area contributed by atoms with Crippen molar-refractivity contribution in [2.24, 2.45) is 0 Å². The molecule has 0 bridgehead atoms. The van der Waals surface area contributed by atoms with E-state index in [2.05, 4.69) is 10.3 Å². The zero-order valence-electron chi connectivity index (χ0n) is 15.4. The van der Waals surface area contributed by atoms with Gasteiger partial charge in [-0.05, 0) is 29.3 Å². The van der Waals surface area contributed by atoms with E-state index in [0.29, 0.717) is 17.1 Å². The molecule has 0 unspecified atom stereocenters. The first-order chi connectivity index (χ1) is 13.5. The van der Waals surface area contributed by atoms with Crippen molar-refractivity contribution in [3.8, 4) is 0 Å². The van der Waals surface area contributed by atoms with Gasteiger partial charge in [-0.15, -0.1) is 0 Å². The highest BCUT2D eigenvalue weighted by Crippen LogP contribution is 2.15. The lowest BCUT2D eigenvalue weighted by Crippen LogP contribution is -2.28. The monoisotopic (exact) mass is 393 g/mol. The van der Waals surface area contributed by atoms with E-state index < -0.39 is 0 Å². The second kappa shape index (κ2) is 9.15. The van der Waals surface area contributed by atoms with Crippen molar-refractivity contribution < 1.29 is 9.59 Å². The molecule has 0 saturated carbocycles. The number of pyridine rings is 1. The maximum absolute atomic E-state index is 12.7. The molecule has 0 aliphatic carbocycles. The maximum atomic E-state index is 12.7. The Bertz CT molecular complexity index is 976. The molecule has 2 amide bonds. The summed E-state index contributed by atoms with van der Waals surface area (Å²) in [5.74, 6) is -0.535. The lowest BCUT2D eigenvalue weighted by Gasteiger charge is -2.17. The molecule has 3 aromatic rings. The molecule has 2 aromatic carbocycles. The summed E-state index contributed by atoms with van der Waals surface area (Å²) >= 11 is 6.10. The minimum Gasteiger partial charge on any atom is -0.347 e. The second-order valence-electron chi connectivity index (χ2n) is 6.35. The molecule has 1 N–H and O–H groups in total. The zero-order valence-corrected chi connectivity index (χ0v) is 16.2. The van der Waals surface area contributed by atoms with E-state index in [4.69, 9.17) is 11.6 Å². The number of halogens is 1. The normalized spacial score (nSPS) is 10.4. The fourth-order valence-corrected chi connectivity index (χ4v) is 2.95. The number of amides is 2. The van der Waals surface area contributed by atoms with Crippen LogP contribution in [-0.4, -0.2) is 28.7 Å². The lowest BCUT2D eigenvalue weighted by atomic mass is 10.1. The third-order valence-electron chi connectivity index (χ3n) is 4.25. The smallest absolute Gasteiger partial charge is 0.270 e. The summed E-state index contributed by atoms with van der Waals surface area (Å²) in [4.78, 5) is 30.8. The van der Waals surface area contributed by atoms with Crippen molar-refractivity contribution in [2.45, 2.75) is 13.1 Å². The fourth-order valence-electron chi connectivity index (χ4n) is 2.75. The van der Waals surface area contributed by atoms with Crippen LogP contribution in [0.1, 0.15) is 32.0 Å². The van der Waals surface area contributed by atoms with Crippen LogP contribution >= 0.6 is 11.6 Å². The highest BCUT2D eigenvalue weighted by atomic mass is 35.5. The highest BCUT2D eigenvalue weighted by Gasteiger charge is 2.15. The van der Waals surface area contributed by atoms with Crippen molar-refractivity contribution in [3.63, 3.8) is 0 Å². The van der Waals surface area contributed by atoms with Crippen molar-refractivity contribution in [1.82, 2.24) is 15.2 Å². The molecule has 1 aromatic heterocycles. The molecular weight excluding hydrogens is 374 g/mol. The van der Waals surface area contributed by atoms with Crippen LogP contribution in [-0.2, 0) is 13.1 Å². The summed E-state index contributed by atoms with van der Waals surface area (Å²) in [5.41, 5.74) is 2.44. The Morgan fingerprint density at radius 2 is 1.75 bits per heavy atom. The summed E-state index contributed by atoms with van der Waals surface area (Å²) < 4.78 is 0. The van der Waals surface area contributed by atoms with Gasteiger partial charge in [-0.25, -0.2) is 0 Å². The van der Waals surface area contributed by atoms with E-state index in [1.54, 1.807) is 24.1 Å². The van der Waals surface area contributed by atoms with Crippen molar-refractivity contribution in [3.05, 3.63) is 100 Å². The molecule has 0 aliphatic rings. The lowest BCUT2D eigenvalue weighted by molar-refractivity contribution is 0.0785. The molecule has 142 valence electrons. The van der Waals surface area contributed by atoms with Gasteiger partial charge in [0.25, 0.3) is 11.8 Å². The van der Waals surface area contributed by atoms with E-state index in [1.165, 1.54) is 12.3 Å². The number of nitrogens with one attached hydrogen (secondary N) is 1. The second-order valence-corrected chi connectivity index (χ2v) is 6.76. The van der Waals surface area contributed by atoms with Crippen molar-refractivity contribution >= 4 is 23.4 Å². The van der Waals surface area contributed by atoms with Crippen molar-refractivity contribution in [1.29, 1.82) is 0 Å². The van der Waals surface area contributed by atoms with Crippen LogP contribution in [0.15, 0.2) is 72.9 Å². The number of nitrogens with zero attached hydrogens (tertiary/aromatic N) is 2. The van der Waals surface area contributed by atoms with Crippen LogP contribution in [0.5, 0.6) is 0 Å². The summed E-state index contributed by atoms with van der Waals surface area (Å²) in [6, 6.07) is 20.1. The third-order valence-corrected chi connectivity index (χ3v) is 4.61. The van der Waals surface area contributed by atoms with Gasteiger partial charge in [0.2, 0.25) is 0 Å². The van der Waals surface area contributed by atoms with E-state index in [1.807, 2.05) is 48.5 Å². The van der Waals surface area contributed by atoms with Crippen molar-refractivity contribution in [2.75, 3.05) is 7.05 Å². The third kappa shape index (κ3) is 4.96. The standard InChI is InChI=1S/C22H20ClN3O2/c1-26(15-16-7-3-2-4-8-16)22(28)17-11-12-24-20(13-17)21(27)25-14-18-9-5-6-10-19(18)23/h2-13H,14-15H2,1H3,(H,25,27). The van der Waals surface area contributed by atoms with Gasteiger partial charge in [0.05, 0.1) is 0 Å². The topological polar surface area (TPSA) is 62.3 Å². The minimum absolute atomic E-state index is 0.175. The first-order valence-electron chi connectivity index (χ1n) is 8.81. The molecule has 0 atom stereocenters. The van der Waals surface area contributed by atoms with Crippen LogP contribution in [0.2, 0.25) is 5.02 Å². The first-order valence-corrected chi connectivity index (χ1v) is 9.19. The Hall–Kier alpha value is -3.18. The summed E-state index contributed by atoms with van der Waals surface area (Å²) in [7, 11) is 1.73. The molecule has 1 heterocycles. The number of aromatic nitrogens is 1.